The van der Waals surface area contributed by atoms with Crippen molar-refractivity contribution in [3.63, 3.8) is 0 Å². The Bertz CT molecular complexity index is 669. The van der Waals surface area contributed by atoms with Gasteiger partial charge < -0.3 is 4.74 Å². The van der Waals surface area contributed by atoms with Gasteiger partial charge in [-0.2, -0.15) is 0 Å². The van der Waals surface area contributed by atoms with E-state index in [9.17, 15) is 4.79 Å². The third kappa shape index (κ3) is 5.74. The van der Waals surface area contributed by atoms with Gasteiger partial charge in [0.15, 0.2) is 0 Å². The first-order valence-corrected chi connectivity index (χ1v) is 8.01. The highest BCUT2D eigenvalue weighted by Crippen LogP contribution is 2.19. The van der Waals surface area contributed by atoms with Crippen LogP contribution in [0.4, 0.5) is 0 Å². The monoisotopic (exact) mass is 308 g/mol. The summed E-state index contributed by atoms with van der Waals surface area (Å²) < 4.78 is 5.22. The van der Waals surface area contributed by atoms with E-state index in [0.717, 1.165) is 17.6 Å². The molecule has 0 aliphatic heterocycles. The number of ether oxygens (including phenoxy) is 1. The molecule has 0 bridgehead atoms. The van der Waals surface area contributed by atoms with Crippen molar-refractivity contribution in [3.8, 4) is 0 Å². The zero-order valence-electron chi connectivity index (χ0n) is 14.1. The molecule has 2 rings (SSSR count). The fourth-order valence-corrected chi connectivity index (χ4v) is 2.44. The second-order valence-electron chi connectivity index (χ2n) is 6.07. The zero-order chi connectivity index (χ0) is 16.7. The smallest absolute Gasteiger partial charge is 0.302 e. The number of hydrogen-bond acceptors (Lipinski definition) is 2. The van der Waals surface area contributed by atoms with E-state index in [2.05, 4.69) is 56.3 Å². The van der Waals surface area contributed by atoms with Crippen LogP contribution in [0.1, 0.15) is 43.4 Å². The first-order chi connectivity index (χ1) is 11.0. The first-order valence-electron chi connectivity index (χ1n) is 8.01. The average Bonchev–Trinajstić information content (AvgIpc) is 2.54. The van der Waals surface area contributed by atoms with Crippen LogP contribution in [0.5, 0.6) is 0 Å². The van der Waals surface area contributed by atoms with Gasteiger partial charge in [-0.3, -0.25) is 4.79 Å². The molecule has 23 heavy (non-hydrogen) atoms. The summed E-state index contributed by atoms with van der Waals surface area (Å²) in [6.45, 7) is 6.15. The standard InChI is InChI=1S/C21H24O2/c1-16(2)21-11-7-10-19(14-21)13-20(15-23-17(3)22)12-18-8-5-4-6-9-18/h4-11,13-14,16H,12,15H2,1-3H3. The summed E-state index contributed by atoms with van der Waals surface area (Å²) in [7, 11) is 0. The molecular formula is C21H24O2. The van der Waals surface area contributed by atoms with E-state index in [1.54, 1.807) is 0 Å². The van der Waals surface area contributed by atoms with Gasteiger partial charge in [-0.1, -0.05) is 74.5 Å². The Labute approximate surface area is 138 Å². The fourth-order valence-electron chi connectivity index (χ4n) is 2.44. The van der Waals surface area contributed by atoms with Gasteiger partial charge in [0.2, 0.25) is 0 Å². The Morgan fingerprint density at radius 1 is 1.09 bits per heavy atom. The molecule has 0 heterocycles. The third-order valence-corrected chi connectivity index (χ3v) is 3.68. The molecule has 2 aromatic rings. The SMILES string of the molecule is CC(=O)OCC(=Cc1cccc(C(C)C)c1)Cc1ccccc1. The van der Waals surface area contributed by atoms with Crippen LogP contribution >= 0.6 is 0 Å². The van der Waals surface area contributed by atoms with Crippen LogP contribution in [0.3, 0.4) is 0 Å². The molecule has 0 unspecified atom stereocenters. The summed E-state index contributed by atoms with van der Waals surface area (Å²) in [5, 5.41) is 0. The molecule has 0 N–H and O–H groups in total. The maximum Gasteiger partial charge on any atom is 0.302 e. The Hall–Kier alpha value is -2.35. The van der Waals surface area contributed by atoms with E-state index >= 15 is 0 Å². The number of benzene rings is 2. The van der Waals surface area contributed by atoms with Crippen LogP contribution in [-0.4, -0.2) is 12.6 Å². The molecule has 0 aromatic heterocycles. The second-order valence-corrected chi connectivity index (χ2v) is 6.07. The number of esters is 1. The molecule has 0 fully saturated rings. The molecule has 0 aliphatic rings. The van der Waals surface area contributed by atoms with E-state index in [4.69, 9.17) is 4.74 Å². The summed E-state index contributed by atoms with van der Waals surface area (Å²) in [4.78, 5) is 11.1. The molecule has 120 valence electrons. The minimum Gasteiger partial charge on any atom is -0.461 e. The van der Waals surface area contributed by atoms with Crippen LogP contribution in [0.15, 0.2) is 60.2 Å². The molecule has 0 amide bonds. The highest BCUT2D eigenvalue weighted by molar-refractivity contribution is 5.66. The fraction of sp³-hybridized carbons (Fsp3) is 0.286. The quantitative estimate of drug-likeness (QED) is 0.702. The lowest BCUT2D eigenvalue weighted by Gasteiger charge is -2.10. The lowest BCUT2D eigenvalue weighted by molar-refractivity contribution is -0.139. The molecule has 0 aliphatic carbocycles. The molecule has 0 radical (unpaired) electrons. The minimum absolute atomic E-state index is 0.250. The summed E-state index contributed by atoms with van der Waals surface area (Å²) in [6.07, 6.45) is 2.90. The maximum atomic E-state index is 11.1. The van der Waals surface area contributed by atoms with Crippen molar-refractivity contribution in [3.05, 3.63) is 76.9 Å². The normalized spacial score (nSPS) is 11.6. The molecule has 0 spiro atoms. The number of rotatable bonds is 6. The number of carbonyl (C=O) groups is 1. The van der Waals surface area contributed by atoms with Gasteiger partial charge in [0, 0.05) is 6.92 Å². The summed E-state index contributed by atoms with van der Waals surface area (Å²) >= 11 is 0. The number of carbonyl (C=O) groups excluding carboxylic acids is 1. The predicted molar refractivity (Wildman–Crippen MR) is 95.3 cm³/mol. The van der Waals surface area contributed by atoms with Gasteiger partial charge in [-0.05, 0) is 34.6 Å². The largest absolute Gasteiger partial charge is 0.461 e. The van der Waals surface area contributed by atoms with E-state index < -0.39 is 0 Å². The maximum absolute atomic E-state index is 11.1. The van der Waals surface area contributed by atoms with Gasteiger partial charge in [0.25, 0.3) is 0 Å². The Balaban J connectivity index is 2.24. The molecule has 0 saturated carbocycles. The zero-order valence-corrected chi connectivity index (χ0v) is 14.1. The lowest BCUT2D eigenvalue weighted by atomic mass is 9.98. The van der Waals surface area contributed by atoms with E-state index in [1.165, 1.54) is 18.1 Å². The predicted octanol–water partition coefficient (Wildman–Crippen LogP) is 5.00. The topological polar surface area (TPSA) is 26.3 Å². The third-order valence-electron chi connectivity index (χ3n) is 3.68. The van der Waals surface area contributed by atoms with E-state index in [1.807, 2.05) is 18.2 Å². The molecule has 0 saturated heterocycles. The Kier molecular flexibility index (Phi) is 6.16. The molecular weight excluding hydrogens is 284 g/mol. The number of hydrogen-bond donors (Lipinski definition) is 0. The Morgan fingerprint density at radius 3 is 2.48 bits per heavy atom. The molecule has 2 nitrogen and oxygen atoms in total. The minimum atomic E-state index is -0.250. The van der Waals surface area contributed by atoms with Crippen molar-refractivity contribution in [2.75, 3.05) is 6.61 Å². The van der Waals surface area contributed by atoms with Gasteiger partial charge in [-0.15, -0.1) is 0 Å². The summed E-state index contributed by atoms with van der Waals surface area (Å²) in [5.41, 5.74) is 4.76. The average molecular weight is 308 g/mol. The highest BCUT2D eigenvalue weighted by Gasteiger charge is 2.05. The summed E-state index contributed by atoms with van der Waals surface area (Å²) in [6, 6.07) is 18.7. The lowest BCUT2D eigenvalue weighted by Crippen LogP contribution is -2.05. The van der Waals surface area contributed by atoms with Crippen LogP contribution in [-0.2, 0) is 16.0 Å². The van der Waals surface area contributed by atoms with Crippen LogP contribution in [0, 0.1) is 0 Å². The van der Waals surface area contributed by atoms with Crippen molar-refractivity contribution in [1.29, 1.82) is 0 Å². The summed E-state index contributed by atoms with van der Waals surface area (Å²) in [5.74, 6) is 0.245. The van der Waals surface area contributed by atoms with Crippen molar-refractivity contribution < 1.29 is 9.53 Å². The van der Waals surface area contributed by atoms with Gasteiger partial charge in [-0.25, -0.2) is 0 Å². The highest BCUT2D eigenvalue weighted by atomic mass is 16.5. The van der Waals surface area contributed by atoms with Gasteiger partial charge in [0.05, 0.1) is 0 Å². The van der Waals surface area contributed by atoms with Crippen molar-refractivity contribution in [2.24, 2.45) is 0 Å². The molecule has 2 aromatic carbocycles. The van der Waals surface area contributed by atoms with Crippen LogP contribution < -0.4 is 0 Å². The van der Waals surface area contributed by atoms with Crippen LogP contribution in [0.2, 0.25) is 0 Å². The van der Waals surface area contributed by atoms with Crippen molar-refractivity contribution >= 4 is 12.0 Å². The first kappa shape index (κ1) is 17.0. The van der Waals surface area contributed by atoms with E-state index in [-0.39, 0.29) is 5.97 Å². The van der Waals surface area contributed by atoms with Crippen molar-refractivity contribution in [1.82, 2.24) is 0 Å². The van der Waals surface area contributed by atoms with Gasteiger partial charge >= 0.3 is 5.97 Å². The molecule has 0 atom stereocenters. The molecule has 2 heteroatoms. The second kappa shape index (κ2) is 8.33. The van der Waals surface area contributed by atoms with E-state index in [0.29, 0.717) is 12.5 Å². The van der Waals surface area contributed by atoms with Crippen molar-refractivity contribution in [2.45, 2.75) is 33.1 Å². The van der Waals surface area contributed by atoms with Gasteiger partial charge in [0.1, 0.15) is 6.61 Å². The Morgan fingerprint density at radius 2 is 1.83 bits per heavy atom. The van der Waals surface area contributed by atoms with Crippen LogP contribution in [0.25, 0.3) is 6.08 Å².